The molecule has 113 valence electrons. The number of alkyl halides is 3. The van der Waals surface area contributed by atoms with Crippen molar-refractivity contribution in [3.05, 3.63) is 36.8 Å². The molecule has 0 spiro atoms. The van der Waals surface area contributed by atoms with Crippen molar-refractivity contribution >= 4 is 0 Å². The van der Waals surface area contributed by atoms with Gasteiger partial charge in [-0.05, 0) is 43.4 Å². The fraction of sp³-hybridized carbons (Fsp3) is 0.533. The smallest absolute Gasteiger partial charge is 0.417 e. The van der Waals surface area contributed by atoms with Crippen LogP contribution in [0.15, 0.2) is 24.3 Å². The lowest BCUT2D eigenvalue weighted by molar-refractivity contribution is -0.247. The maximum atomic E-state index is 12.7. The molecule has 0 heterocycles. The van der Waals surface area contributed by atoms with E-state index < -0.39 is 23.6 Å². The number of ether oxygens (including phenoxy) is 1. The lowest BCUT2D eigenvalue weighted by atomic mass is 9.75. The van der Waals surface area contributed by atoms with Gasteiger partial charge in [-0.3, -0.25) is 0 Å². The Bertz CT molecular complexity index is 451. The lowest BCUT2D eigenvalue weighted by Gasteiger charge is -2.35. The van der Waals surface area contributed by atoms with Gasteiger partial charge in [0.25, 0.3) is 0 Å². The second kappa shape index (κ2) is 5.64. The summed E-state index contributed by atoms with van der Waals surface area (Å²) in [5, 5.41) is 9.55. The van der Waals surface area contributed by atoms with Gasteiger partial charge in [-0.25, -0.2) is 0 Å². The van der Waals surface area contributed by atoms with Crippen molar-refractivity contribution in [2.75, 3.05) is 6.61 Å². The third-order valence-electron chi connectivity index (χ3n) is 3.19. The zero-order valence-electron chi connectivity index (χ0n) is 11.9. The van der Waals surface area contributed by atoms with Gasteiger partial charge in [-0.15, -0.1) is 0 Å². The summed E-state index contributed by atoms with van der Waals surface area (Å²) in [6.07, 6.45) is -5.29. The summed E-state index contributed by atoms with van der Waals surface area (Å²) in [7, 11) is 0. The van der Waals surface area contributed by atoms with Crippen molar-refractivity contribution in [1.82, 2.24) is 0 Å². The molecule has 0 aliphatic carbocycles. The van der Waals surface area contributed by atoms with Gasteiger partial charge in [0.2, 0.25) is 0 Å². The number of aliphatic hydroxyl groups is 1. The van der Waals surface area contributed by atoms with Gasteiger partial charge in [-0.1, -0.05) is 26.0 Å². The minimum Gasteiger partial charge on any atom is -0.494 e. The molecule has 1 radical (unpaired) electrons. The van der Waals surface area contributed by atoms with Crippen molar-refractivity contribution in [2.24, 2.45) is 0 Å². The Morgan fingerprint density at radius 3 is 2.35 bits per heavy atom. The van der Waals surface area contributed by atoms with Crippen LogP contribution in [0, 0.1) is 6.92 Å². The third-order valence-corrected chi connectivity index (χ3v) is 3.19. The summed E-state index contributed by atoms with van der Waals surface area (Å²) >= 11 is 0. The summed E-state index contributed by atoms with van der Waals surface area (Å²) in [4.78, 5) is 0. The standard InChI is InChI=1S/C15H20F3O2/c1-5-20-12-8-6-7-11(9-12)13(2,3)10-14(4,19)15(16,17)18/h6-9,19H,4-5,10H2,1-3H3. The minimum absolute atomic E-state index is 0.478. The van der Waals surface area contributed by atoms with E-state index in [2.05, 4.69) is 6.92 Å². The molecule has 0 bridgehead atoms. The second-order valence-corrected chi connectivity index (χ2v) is 5.55. The van der Waals surface area contributed by atoms with Crippen LogP contribution in [0.1, 0.15) is 32.8 Å². The van der Waals surface area contributed by atoms with Crippen LogP contribution in [0.25, 0.3) is 0 Å². The molecule has 1 N–H and O–H groups in total. The fourth-order valence-electron chi connectivity index (χ4n) is 2.11. The number of benzene rings is 1. The van der Waals surface area contributed by atoms with Gasteiger partial charge >= 0.3 is 6.18 Å². The highest BCUT2D eigenvalue weighted by Gasteiger charge is 2.52. The summed E-state index contributed by atoms with van der Waals surface area (Å²) in [6.45, 7) is 8.50. The predicted molar refractivity (Wildman–Crippen MR) is 71.6 cm³/mol. The van der Waals surface area contributed by atoms with E-state index >= 15 is 0 Å². The van der Waals surface area contributed by atoms with Crippen molar-refractivity contribution < 1.29 is 23.0 Å². The molecule has 1 aromatic rings. The van der Waals surface area contributed by atoms with E-state index in [1.165, 1.54) is 0 Å². The van der Waals surface area contributed by atoms with Gasteiger partial charge in [0.05, 0.1) is 6.61 Å². The molecule has 20 heavy (non-hydrogen) atoms. The first-order valence-corrected chi connectivity index (χ1v) is 6.37. The van der Waals surface area contributed by atoms with E-state index in [-0.39, 0.29) is 0 Å². The van der Waals surface area contributed by atoms with E-state index in [0.717, 1.165) is 0 Å². The molecule has 2 nitrogen and oxygen atoms in total. The Labute approximate surface area is 117 Å². The topological polar surface area (TPSA) is 29.5 Å². The molecule has 0 aliphatic heterocycles. The van der Waals surface area contributed by atoms with Crippen LogP contribution in [-0.4, -0.2) is 23.5 Å². The first kappa shape index (κ1) is 16.8. The Hall–Kier alpha value is -1.23. The normalized spacial score (nSPS) is 15.8. The number of hydrogen-bond acceptors (Lipinski definition) is 2. The monoisotopic (exact) mass is 289 g/mol. The van der Waals surface area contributed by atoms with Crippen LogP contribution in [0.3, 0.4) is 0 Å². The van der Waals surface area contributed by atoms with Crippen LogP contribution in [0.4, 0.5) is 13.2 Å². The Morgan fingerprint density at radius 1 is 1.25 bits per heavy atom. The fourth-order valence-corrected chi connectivity index (χ4v) is 2.11. The second-order valence-electron chi connectivity index (χ2n) is 5.55. The van der Waals surface area contributed by atoms with Crippen molar-refractivity contribution in [2.45, 2.75) is 44.4 Å². The third kappa shape index (κ3) is 3.88. The van der Waals surface area contributed by atoms with Gasteiger partial charge in [0, 0.05) is 0 Å². The number of halogens is 3. The summed E-state index contributed by atoms with van der Waals surface area (Å²) in [5.41, 5.74) is -3.20. The number of rotatable bonds is 5. The van der Waals surface area contributed by atoms with Crippen LogP contribution in [-0.2, 0) is 5.41 Å². The molecule has 0 saturated heterocycles. The molecular formula is C15H20F3O2. The van der Waals surface area contributed by atoms with Crippen molar-refractivity contribution in [1.29, 1.82) is 0 Å². The van der Waals surface area contributed by atoms with Gasteiger partial charge in [0.15, 0.2) is 5.60 Å². The lowest BCUT2D eigenvalue weighted by Crippen LogP contribution is -2.46. The SMILES string of the molecule is [CH2]C(O)(CC(C)(C)c1cccc(OCC)c1)C(F)(F)F. The molecule has 1 aromatic carbocycles. The highest BCUT2D eigenvalue weighted by molar-refractivity contribution is 5.33. The maximum Gasteiger partial charge on any atom is 0.417 e. The Kier molecular flexibility index (Phi) is 4.74. The average Bonchev–Trinajstić information content (AvgIpc) is 2.27. The molecule has 0 saturated carbocycles. The van der Waals surface area contributed by atoms with E-state index in [1.54, 1.807) is 38.1 Å². The summed E-state index contributed by atoms with van der Waals surface area (Å²) < 4.78 is 43.6. The van der Waals surface area contributed by atoms with Crippen molar-refractivity contribution in [3.63, 3.8) is 0 Å². The predicted octanol–water partition coefficient (Wildman–Crippen LogP) is 3.88. The summed E-state index contributed by atoms with van der Waals surface area (Å²) in [5.74, 6) is 0.595. The largest absolute Gasteiger partial charge is 0.494 e. The average molecular weight is 289 g/mol. The van der Waals surface area contributed by atoms with Crippen LogP contribution in [0.2, 0.25) is 0 Å². The van der Waals surface area contributed by atoms with Gasteiger partial charge in [0.1, 0.15) is 5.75 Å². The minimum atomic E-state index is -4.76. The maximum absolute atomic E-state index is 12.7. The van der Waals surface area contributed by atoms with E-state index in [9.17, 15) is 18.3 Å². The van der Waals surface area contributed by atoms with E-state index in [4.69, 9.17) is 4.74 Å². The van der Waals surface area contributed by atoms with E-state index in [0.29, 0.717) is 17.9 Å². The molecular weight excluding hydrogens is 269 g/mol. The molecule has 1 rings (SSSR count). The molecule has 0 aromatic heterocycles. The molecule has 0 fully saturated rings. The summed E-state index contributed by atoms with van der Waals surface area (Å²) in [6, 6.07) is 6.87. The van der Waals surface area contributed by atoms with Gasteiger partial charge < -0.3 is 9.84 Å². The first-order valence-electron chi connectivity index (χ1n) is 6.37. The quantitative estimate of drug-likeness (QED) is 0.891. The number of hydrogen-bond donors (Lipinski definition) is 1. The van der Waals surface area contributed by atoms with E-state index in [1.807, 2.05) is 6.92 Å². The molecule has 5 heteroatoms. The van der Waals surface area contributed by atoms with Crippen LogP contribution in [0.5, 0.6) is 5.75 Å². The highest BCUT2D eigenvalue weighted by atomic mass is 19.4. The zero-order valence-corrected chi connectivity index (χ0v) is 11.9. The van der Waals surface area contributed by atoms with Gasteiger partial charge in [-0.2, -0.15) is 13.2 Å². The zero-order chi connectivity index (χ0) is 15.6. The molecule has 1 atom stereocenters. The van der Waals surface area contributed by atoms with Crippen LogP contribution >= 0.6 is 0 Å². The Morgan fingerprint density at radius 2 is 1.85 bits per heavy atom. The Balaban J connectivity index is 3.02. The van der Waals surface area contributed by atoms with Crippen LogP contribution < -0.4 is 4.74 Å². The molecule has 0 amide bonds. The molecule has 1 unspecified atom stereocenters. The first-order chi connectivity index (χ1) is 8.99. The van der Waals surface area contributed by atoms with Crippen molar-refractivity contribution in [3.8, 4) is 5.75 Å². The highest BCUT2D eigenvalue weighted by Crippen LogP contribution is 2.41. The molecule has 0 aliphatic rings.